The second kappa shape index (κ2) is 11.9. The molecule has 3 aromatic carbocycles. The minimum Gasteiger partial charge on any atom is -0.507 e. The van der Waals surface area contributed by atoms with Crippen LogP contribution >= 0.6 is 0 Å². The molecule has 4 nitrogen and oxygen atoms in total. The van der Waals surface area contributed by atoms with E-state index >= 15 is 0 Å². The van der Waals surface area contributed by atoms with Gasteiger partial charge in [0.2, 0.25) is 0 Å². The van der Waals surface area contributed by atoms with E-state index in [0.29, 0.717) is 18.2 Å². The summed E-state index contributed by atoms with van der Waals surface area (Å²) in [5.74, 6) is 0.447. The van der Waals surface area contributed by atoms with Gasteiger partial charge < -0.3 is 20.5 Å². The fourth-order valence-electron chi connectivity index (χ4n) is 6.26. The second-order valence-corrected chi connectivity index (χ2v) is 10.9. The number of piperidine rings is 1. The van der Waals surface area contributed by atoms with Crippen molar-refractivity contribution in [3.8, 4) is 5.75 Å². The smallest absolute Gasteiger partial charge is 0.123 e. The van der Waals surface area contributed by atoms with Gasteiger partial charge in [-0.3, -0.25) is 0 Å². The highest BCUT2D eigenvalue weighted by atomic mass is 19.1. The molecule has 202 valence electrons. The molecule has 2 atom stereocenters. The van der Waals surface area contributed by atoms with Gasteiger partial charge >= 0.3 is 0 Å². The van der Waals surface area contributed by atoms with E-state index in [1.54, 1.807) is 0 Å². The van der Waals surface area contributed by atoms with Gasteiger partial charge in [0.1, 0.15) is 17.4 Å². The number of hydrogen-bond donors (Lipinski definition) is 2. The number of halogens is 2. The molecule has 1 fully saturated rings. The van der Waals surface area contributed by atoms with Gasteiger partial charge in [0.05, 0.1) is 12.2 Å². The third kappa shape index (κ3) is 5.93. The van der Waals surface area contributed by atoms with Gasteiger partial charge in [-0.05, 0) is 105 Å². The van der Waals surface area contributed by atoms with Gasteiger partial charge in [-0.1, -0.05) is 36.4 Å². The number of ether oxygens (including phenoxy) is 1. The lowest BCUT2D eigenvalue weighted by Crippen LogP contribution is -2.42. The maximum absolute atomic E-state index is 13.5. The number of benzene rings is 3. The molecule has 3 aromatic rings. The van der Waals surface area contributed by atoms with Crippen LogP contribution in [0.15, 0.2) is 60.7 Å². The van der Waals surface area contributed by atoms with E-state index in [4.69, 9.17) is 10.5 Å². The molecule has 0 aromatic heterocycles. The summed E-state index contributed by atoms with van der Waals surface area (Å²) < 4.78 is 33.5. The number of aromatic hydroxyl groups is 1. The Hall–Kier alpha value is -2.80. The van der Waals surface area contributed by atoms with E-state index in [1.807, 2.05) is 43.3 Å². The molecule has 2 aliphatic rings. The number of phenolic OH excluding ortho intramolecular Hbond substituents is 1. The van der Waals surface area contributed by atoms with Crippen LogP contribution in [-0.4, -0.2) is 42.3 Å². The van der Waals surface area contributed by atoms with Crippen LogP contribution < -0.4 is 5.73 Å². The van der Waals surface area contributed by atoms with E-state index in [0.717, 1.165) is 79.6 Å². The Morgan fingerprint density at radius 3 is 2.13 bits per heavy atom. The van der Waals surface area contributed by atoms with Crippen LogP contribution in [-0.2, 0) is 11.2 Å². The van der Waals surface area contributed by atoms with Crippen LogP contribution in [0.4, 0.5) is 8.78 Å². The Labute approximate surface area is 224 Å². The molecular weight excluding hydrogens is 482 g/mol. The zero-order chi connectivity index (χ0) is 26.6. The fourth-order valence-corrected chi connectivity index (χ4v) is 6.26. The molecule has 6 heteroatoms. The SMILES string of the molecule is Cc1ccc2c(c1O)C[C@@H](C1CCN(CCCC(c3ccc(F)cc3)c3ccc(F)cc3)CC1)O[C@H]2CN. The number of aryl methyl sites for hydroxylation is 1. The predicted molar refractivity (Wildman–Crippen MR) is 146 cm³/mol. The lowest BCUT2D eigenvalue weighted by Gasteiger charge is -2.40. The van der Waals surface area contributed by atoms with Gasteiger partial charge in [-0.2, -0.15) is 0 Å². The van der Waals surface area contributed by atoms with Crippen molar-refractivity contribution < 1.29 is 18.6 Å². The highest BCUT2D eigenvalue weighted by molar-refractivity contribution is 5.47. The van der Waals surface area contributed by atoms with Gasteiger partial charge in [-0.25, -0.2) is 8.78 Å². The van der Waals surface area contributed by atoms with Crippen molar-refractivity contribution >= 4 is 0 Å². The molecule has 2 aliphatic heterocycles. The van der Waals surface area contributed by atoms with Crippen molar-refractivity contribution in [2.45, 2.75) is 57.2 Å². The Morgan fingerprint density at radius 1 is 0.947 bits per heavy atom. The maximum atomic E-state index is 13.5. The molecule has 0 radical (unpaired) electrons. The molecule has 0 aliphatic carbocycles. The normalized spacial score (nSPS) is 20.6. The number of nitrogens with zero attached hydrogens (tertiary/aromatic N) is 1. The molecule has 5 rings (SSSR count). The van der Waals surface area contributed by atoms with Gasteiger partial charge in [-0.15, -0.1) is 0 Å². The van der Waals surface area contributed by atoms with Crippen LogP contribution in [0.3, 0.4) is 0 Å². The Balaban J connectivity index is 1.17. The molecule has 1 saturated heterocycles. The molecule has 0 amide bonds. The first kappa shape index (κ1) is 26.8. The first-order valence-corrected chi connectivity index (χ1v) is 13.8. The third-order valence-corrected chi connectivity index (χ3v) is 8.50. The van der Waals surface area contributed by atoms with Crippen LogP contribution in [0, 0.1) is 24.5 Å². The van der Waals surface area contributed by atoms with E-state index in [9.17, 15) is 13.9 Å². The zero-order valence-corrected chi connectivity index (χ0v) is 22.1. The minimum atomic E-state index is -0.247. The van der Waals surface area contributed by atoms with E-state index in [2.05, 4.69) is 4.90 Å². The highest BCUT2D eigenvalue weighted by Crippen LogP contribution is 2.40. The van der Waals surface area contributed by atoms with Gasteiger partial charge in [0.25, 0.3) is 0 Å². The van der Waals surface area contributed by atoms with E-state index in [1.165, 1.54) is 24.3 Å². The van der Waals surface area contributed by atoms with Gasteiger partial charge in [0.15, 0.2) is 0 Å². The second-order valence-electron chi connectivity index (χ2n) is 10.9. The largest absolute Gasteiger partial charge is 0.507 e. The summed E-state index contributed by atoms with van der Waals surface area (Å²) in [6.07, 6.45) is 4.68. The van der Waals surface area contributed by atoms with Crippen LogP contribution in [0.5, 0.6) is 5.75 Å². The first-order chi connectivity index (χ1) is 18.4. The highest BCUT2D eigenvalue weighted by Gasteiger charge is 2.35. The first-order valence-electron chi connectivity index (χ1n) is 13.8. The van der Waals surface area contributed by atoms with Crippen LogP contribution in [0.2, 0.25) is 0 Å². The lowest BCUT2D eigenvalue weighted by atomic mass is 9.83. The average Bonchev–Trinajstić information content (AvgIpc) is 2.94. The summed E-state index contributed by atoms with van der Waals surface area (Å²) in [7, 11) is 0. The molecule has 0 unspecified atom stereocenters. The number of nitrogens with two attached hydrogens (primary N) is 1. The summed E-state index contributed by atoms with van der Waals surface area (Å²) >= 11 is 0. The Morgan fingerprint density at radius 2 is 1.55 bits per heavy atom. The quantitative estimate of drug-likeness (QED) is 0.369. The summed E-state index contributed by atoms with van der Waals surface area (Å²) in [4.78, 5) is 2.52. The number of rotatable bonds is 8. The summed E-state index contributed by atoms with van der Waals surface area (Å²) in [5, 5.41) is 10.7. The van der Waals surface area contributed by atoms with Crippen molar-refractivity contribution in [2.24, 2.45) is 11.7 Å². The Kier molecular flexibility index (Phi) is 8.42. The van der Waals surface area contributed by atoms with Crippen molar-refractivity contribution in [2.75, 3.05) is 26.2 Å². The fraction of sp³-hybridized carbons (Fsp3) is 0.438. The zero-order valence-electron chi connectivity index (χ0n) is 22.1. The molecule has 38 heavy (non-hydrogen) atoms. The monoisotopic (exact) mass is 520 g/mol. The average molecular weight is 521 g/mol. The van der Waals surface area contributed by atoms with Crippen molar-refractivity contribution in [3.05, 3.63) is 100 Å². The molecule has 0 spiro atoms. The molecule has 3 N–H and O–H groups in total. The standard InChI is InChI=1S/C32H38F2N2O2/c1-21-4-13-28-29(32(21)37)19-30(38-31(28)20-35)24-14-17-36(18-15-24)16-2-3-27(22-5-9-25(33)10-6-22)23-7-11-26(34)12-8-23/h4-13,24,27,30-31,37H,2-3,14-20,35H2,1H3/t30-,31-/m0/s1. The van der Waals surface area contributed by atoms with Crippen molar-refractivity contribution in [1.29, 1.82) is 0 Å². The number of likely N-dealkylation sites (tertiary alicyclic amines) is 1. The summed E-state index contributed by atoms with van der Waals surface area (Å²) in [6, 6.07) is 17.3. The lowest BCUT2D eigenvalue weighted by molar-refractivity contribution is -0.0647. The number of hydrogen-bond acceptors (Lipinski definition) is 4. The predicted octanol–water partition coefficient (Wildman–Crippen LogP) is 6.24. The van der Waals surface area contributed by atoms with Crippen molar-refractivity contribution in [1.82, 2.24) is 4.90 Å². The molecule has 0 bridgehead atoms. The number of phenols is 1. The van der Waals surface area contributed by atoms with E-state index in [-0.39, 0.29) is 29.8 Å². The molecule has 0 saturated carbocycles. The van der Waals surface area contributed by atoms with Crippen molar-refractivity contribution in [3.63, 3.8) is 0 Å². The number of fused-ring (bicyclic) bond motifs is 1. The van der Waals surface area contributed by atoms with E-state index < -0.39 is 0 Å². The molecule has 2 heterocycles. The van der Waals surface area contributed by atoms with Crippen LogP contribution in [0.25, 0.3) is 0 Å². The summed E-state index contributed by atoms with van der Waals surface area (Å²) in [5.41, 5.74) is 11.1. The topological polar surface area (TPSA) is 58.7 Å². The minimum absolute atomic E-state index is 0.0761. The third-order valence-electron chi connectivity index (χ3n) is 8.50. The Bertz CT molecular complexity index is 1160. The van der Waals surface area contributed by atoms with Crippen LogP contribution in [0.1, 0.15) is 65.5 Å². The van der Waals surface area contributed by atoms with Gasteiger partial charge in [0, 0.05) is 24.4 Å². The maximum Gasteiger partial charge on any atom is 0.123 e. The summed E-state index contributed by atoms with van der Waals surface area (Å²) in [6.45, 7) is 5.37. The molecular formula is C32H38F2N2O2.